The summed E-state index contributed by atoms with van der Waals surface area (Å²) in [5.74, 6) is 1.90. The molecule has 1 unspecified atom stereocenters. The number of hydrogen-bond acceptors (Lipinski definition) is 3. The second-order valence-electron chi connectivity index (χ2n) is 7.99. The van der Waals surface area contributed by atoms with Crippen molar-refractivity contribution in [3.63, 3.8) is 0 Å². The van der Waals surface area contributed by atoms with Crippen molar-refractivity contribution in [1.82, 2.24) is 30.0 Å². The van der Waals surface area contributed by atoms with Crippen LogP contribution in [0.25, 0.3) is 0 Å². The van der Waals surface area contributed by atoms with Gasteiger partial charge in [0.05, 0.1) is 5.69 Å². The van der Waals surface area contributed by atoms with Gasteiger partial charge in [-0.05, 0) is 45.2 Å². The van der Waals surface area contributed by atoms with Crippen LogP contribution in [0.4, 0.5) is 0 Å². The topological polar surface area (TPSA) is 72.1 Å². The van der Waals surface area contributed by atoms with Crippen molar-refractivity contribution in [1.29, 1.82) is 0 Å². The number of aromatic nitrogens is 4. The highest BCUT2D eigenvalue weighted by Gasteiger charge is 2.14. The third kappa shape index (κ3) is 6.20. The zero-order valence-corrected chi connectivity index (χ0v) is 19.4. The Morgan fingerprint density at radius 3 is 2.65 bits per heavy atom. The molecule has 31 heavy (non-hydrogen) atoms. The fraction of sp³-hybridized carbons (Fsp3) is 0.458. The molecule has 7 nitrogen and oxygen atoms in total. The maximum absolute atomic E-state index is 4.79. The number of benzene rings is 1. The third-order valence-electron chi connectivity index (χ3n) is 5.50. The van der Waals surface area contributed by atoms with Crippen LogP contribution >= 0.6 is 0 Å². The van der Waals surface area contributed by atoms with E-state index in [1.807, 2.05) is 30.2 Å². The van der Waals surface area contributed by atoms with E-state index in [0.717, 1.165) is 43.4 Å². The van der Waals surface area contributed by atoms with Crippen LogP contribution < -0.4 is 10.6 Å². The average molecular weight is 422 g/mol. The van der Waals surface area contributed by atoms with Crippen LogP contribution in [0.1, 0.15) is 42.2 Å². The minimum absolute atomic E-state index is 0.250. The lowest BCUT2D eigenvalue weighted by Gasteiger charge is -2.18. The molecule has 3 aromatic rings. The van der Waals surface area contributed by atoms with Gasteiger partial charge in [-0.2, -0.15) is 5.10 Å². The van der Waals surface area contributed by atoms with Gasteiger partial charge in [0.15, 0.2) is 5.96 Å². The van der Waals surface area contributed by atoms with Gasteiger partial charge in [-0.3, -0.25) is 9.67 Å². The first-order chi connectivity index (χ1) is 15.0. The molecule has 166 valence electrons. The minimum atomic E-state index is 0.250. The van der Waals surface area contributed by atoms with E-state index in [-0.39, 0.29) is 6.04 Å². The standard InChI is InChI=1S/C24H35N7/c1-6-25-24(28-18(2)16-22-19(3)29-30(5)20(22)4)27-13-12-23-26-14-15-31(23)17-21-10-8-7-9-11-21/h7-11,14-15,18H,6,12-13,16-17H2,1-5H3,(H2,25,27,28). The van der Waals surface area contributed by atoms with Crippen molar-refractivity contribution in [3.05, 3.63) is 71.1 Å². The first-order valence-corrected chi connectivity index (χ1v) is 11.1. The molecular weight excluding hydrogens is 386 g/mol. The predicted molar refractivity (Wildman–Crippen MR) is 126 cm³/mol. The van der Waals surface area contributed by atoms with E-state index in [1.165, 1.54) is 16.8 Å². The summed E-state index contributed by atoms with van der Waals surface area (Å²) < 4.78 is 4.15. The number of nitrogens with one attached hydrogen (secondary N) is 2. The summed E-state index contributed by atoms with van der Waals surface area (Å²) in [6.45, 7) is 10.8. The van der Waals surface area contributed by atoms with Crippen molar-refractivity contribution in [2.75, 3.05) is 13.1 Å². The van der Waals surface area contributed by atoms with Crippen molar-refractivity contribution in [3.8, 4) is 0 Å². The summed E-state index contributed by atoms with van der Waals surface area (Å²) in [4.78, 5) is 9.33. The van der Waals surface area contributed by atoms with E-state index in [9.17, 15) is 0 Å². The molecule has 1 aromatic carbocycles. The van der Waals surface area contributed by atoms with Crippen molar-refractivity contribution >= 4 is 5.96 Å². The highest BCUT2D eigenvalue weighted by Crippen LogP contribution is 2.14. The van der Waals surface area contributed by atoms with E-state index in [0.29, 0.717) is 6.54 Å². The second-order valence-corrected chi connectivity index (χ2v) is 7.99. The average Bonchev–Trinajstić information content (AvgIpc) is 3.28. The van der Waals surface area contributed by atoms with Gasteiger partial charge < -0.3 is 15.2 Å². The Morgan fingerprint density at radius 2 is 1.97 bits per heavy atom. The Balaban J connectivity index is 1.58. The van der Waals surface area contributed by atoms with E-state index < -0.39 is 0 Å². The monoisotopic (exact) mass is 421 g/mol. The number of nitrogens with zero attached hydrogens (tertiary/aromatic N) is 5. The number of guanidine groups is 1. The van der Waals surface area contributed by atoms with Crippen LogP contribution in [0.2, 0.25) is 0 Å². The molecule has 0 amide bonds. The fourth-order valence-corrected chi connectivity index (χ4v) is 3.78. The Kier molecular flexibility index (Phi) is 7.87. The summed E-state index contributed by atoms with van der Waals surface area (Å²) in [6.07, 6.45) is 5.62. The molecule has 0 aliphatic rings. The lowest BCUT2D eigenvalue weighted by molar-refractivity contribution is 0.634. The highest BCUT2D eigenvalue weighted by atomic mass is 15.3. The number of hydrogen-bond donors (Lipinski definition) is 2. The van der Waals surface area contributed by atoms with Crippen LogP contribution in [0.15, 0.2) is 47.7 Å². The molecule has 0 fully saturated rings. The Hall–Kier alpha value is -3.09. The van der Waals surface area contributed by atoms with Gasteiger partial charge in [0.2, 0.25) is 0 Å². The number of rotatable bonds is 9. The van der Waals surface area contributed by atoms with Crippen molar-refractivity contribution in [2.24, 2.45) is 12.0 Å². The molecule has 2 aromatic heterocycles. The lowest BCUT2D eigenvalue weighted by Crippen LogP contribution is -2.43. The van der Waals surface area contributed by atoms with E-state index >= 15 is 0 Å². The van der Waals surface area contributed by atoms with E-state index in [1.54, 1.807) is 0 Å². The number of aryl methyl sites for hydroxylation is 2. The van der Waals surface area contributed by atoms with E-state index in [2.05, 4.69) is 77.2 Å². The van der Waals surface area contributed by atoms with Crippen molar-refractivity contribution in [2.45, 2.75) is 53.1 Å². The quantitative estimate of drug-likeness (QED) is 0.412. The number of imidazole rings is 1. The molecule has 0 spiro atoms. The molecule has 0 bridgehead atoms. The molecule has 0 radical (unpaired) electrons. The van der Waals surface area contributed by atoms with Gasteiger partial charge in [0, 0.05) is 57.2 Å². The third-order valence-corrected chi connectivity index (χ3v) is 5.50. The second kappa shape index (κ2) is 10.8. The summed E-state index contributed by atoms with van der Waals surface area (Å²) in [7, 11) is 2.00. The summed E-state index contributed by atoms with van der Waals surface area (Å²) >= 11 is 0. The van der Waals surface area contributed by atoms with Crippen LogP contribution in [-0.2, 0) is 26.4 Å². The maximum Gasteiger partial charge on any atom is 0.191 e. The van der Waals surface area contributed by atoms with Gasteiger partial charge >= 0.3 is 0 Å². The van der Waals surface area contributed by atoms with Crippen LogP contribution in [-0.4, -0.2) is 44.4 Å². The largest absolute Gasteiger partial charge is 0.357 e. The van der Waals surface area contributed by atoms with Gasteiger partial charge in [-0.15, -0.1) is 0 Å². The highest BCUT2D eigenvalue weighted by molar-refractivity contribution is 5.80. The first kappa shape index (κ1) is 22.6. The summed E-state index contributed by atoms with van der Waals surface area (Å²) in [6, 6.07) is 10.7. The zero-order chi connectivity index (χ0) is 22.2. The predicted octanol–water partition coefficient (Wildman–Crippen LogP) is 3.01. The fourth-order valence-electron chi connectivity index (χ4n) is 3.78. The normalized spacial score (nSPS) is 12.7. The molecule has 0 aliphatic heterocycles. The van der Waals surface area contributed by atoms with Gasteiger partial charge in [0.25, 0.3) is 0 Å². The molecule has 2 N–H and O–H groups in total. The Labute approximate surface area is 185 Å². The summed E-state index contributed by atoms with van der Waals surface area (Å²) in [5, 5.41) is 11.4. The molecule has 7 heteroatoms. The van der Waals surface area contributed by atoms with Crippen LogP contribution in [0.5, 0.6) is 0 Å². The molecule has 3 rings (SSSR count). The van der Waals surface area contributed by atoms with Gasteiger partial charge in [-0.25, -0.2) is 4.98 Å². The first-order valence-electron chi connectivity index (χ1n) is 11.1. The SMILES string of the molecule is CCNC(=NCCc1nccn1Cc1ccccc1)NC(C)Cc1c(C)nn(C)c1C. The smallest absolute Gasteiger partial charge is 0.191 e. The molecular formula is C24H35N7. The molecule has 0 saturated heterocycles. The molecule has 2 heterocycles. The Morgan fingerprint density at radius 1 is 1.19 bits per heavy atom. The van der Waals surface area contributed by atoms with E-state index in [4.69, 9.17) is 4.99 Å². The number of aliphatic imine (C=N–C) groups is 1. The van der Waals surface area contributed by atoms with Crippen LogP contribution in [0, 0.1) is 13.8 Å². The molecule has 0 aliphatic carbocycles. The minimum Gasteiger partial charge on any atom is -0.357 e. The van der Waals surface area contributed by atoms with Crippen molar-refractivity contribution < 1.29 is 0 Å². The van der Waals surface area contributed by atoms with Gasteiger partial charge in [0.1, 0.15) is 5.82 Å². The Bertz CT molecular complexity index is 985. The lowest BCUT2D eigenvalue weighted by atomic mass is 10.1. The van der Waals surface area contributed by atoms with Crippen LogP contribution in [0.3, 0.4) is 0 Å². The molecule has 1 atom stereocenters. The summed E-state index contributed by atoms with van der Waals surface area (Å²) in [5.41, 5.74) is 4.90. The zero-order valence-electron chi connectivity index (χ0n) is 19.4. The maximum atomic E-state index is 4.79. The molecule has 0 saturated carbocycles. The van der Waals surface area contributed by atoms with Gasteiger partial charge in [-0.1, -0.05) is 30.3 Å².